The number of aliphatic hydroxyl groups is 1. The number of aliphatic hydroxyl groups excluding tert-OH is 1. The minimum Gasteiger partial charge on any atom is -0.464 e. The molecule has 0 aliphatic rings. The molecule has 0 saturated heterocycles. The van der Waals surface area contributed by atoms with Crippen molar-refractivity contribution in [2.75, 3.05) is 6.61 Å². The van der Waals surface area contributed by atoms with E-state index in [1.54, 1.807) is 6.92 Å². The van der Waals surface area contributed by atoms with Gasteiger partial charge in [0.05, 0.1) is 6.61 Å². The van der Waals surface area contributed by atoms with E-state index in [9.17, 15) is 9.90 Å². The monoisotopic (exact) mass is 236 g/mol. The van der Waals surface area contributed by atoms with Crippen molar-refractivity contribution in [3.05, 3.63) is 33.9 Å². The van der Waals surface area contributed by atoms with E-state index in [0.29, 0.717) is 5.56 Å². The van der Waals surface area contributed by atoms with Gasteiger partial charge in [0.1, 0.15) is 0 Å². The third kappa shape index (κ3) is 2.67. The first kappa shape index (κ1) is 13.7. The van der Waals surface area contributed by atoms with Crippen LogP contribution in [0.2, 0.25) is 0 Å². The third-order valence-corrected chi connectivity index (χ3v) is 3.33. The quantitative estimate of drug-likeness (QED) is 0.820. The Kier molecular flexibility index (Phi) is 4.29. The fraction of sp³-hybridized carbons (Fsp3) is 0.500. The SMILES string of the molecule is CCOC(=O)C(O)c1cc(C)c(C)c(C)c1C. The van der Waals surface area contributed by atoms with Crippen LogP contribution in [0.15, 0.2) is 6.07 Å². The Balaban J connectivity index is 3.19. The van der Waals surface area contributed by atoms with E-state index < -0.39 is 12.1 Å². The average molecular weight is 236 g/mol. The lowest BCUT2D eigenvalue weighted by Gasteiger charge is -2.17. The number of esters is 1. The summed E-state index contributed by atoms with van der Waals surface area (Å²) in [6.45, 7) is 9.93. The number of hydrogen-bond donors (Lipinski definition) is 1. The Hall–Kier alpha value is -1.35. The van der Waals surface area contributed by atoms with Crippen molar-refractivity contribution in [2.45, 2.75) is 40.7 Å². The van der Waals surface area contributed by atoms with Crippen molar-refractivity contribution in [3.8, 4) is 0 Å². The minimum absolute atomic E-state index is 0.277. The Morgan fingerprint density at radius 2 is 1.82 bits per heavy atom. The lowest BCUT2D eigenvalue weighted by Crippen LogP contribution is -2.17. The first-order chi connectivity index (χ1) is 7.90. The number of rotatable bonds is 3. The van der Waals surface area contributed by atoms with Crippen molar-refractivity contribution in [3.63, 3.8) is 0 Å². The van der Waals surface area contributed by atoms with Gasteiger partial charge in [-0.25, -0.2) is 4.79 Å². The van der Waals surface area contributed by atoms with Crippen LogP contribution >= 0.6 is 0 Å². The van der Waals surface area contributed by atoms with Gasteiger partial charge in [0.15, 0.2) is 6.10 Å². The molecule has 1 aromatic carbocycles. The Morgan fingerprint density at radius 3 is 2.35 bits per heavy atom. The van der Waals surface area contributed by atoms with Crippen LogP contribution in [0.3, 0.4) is 0 Å². The van der Waals surface area contributed by atoms with Crippen LogP contribution in [0.1, 0.15) is 40.8 Å². The number of aryl methyl sites for hydroxylation is 1. The molecule has 1 N–H and O–H groups in total. The lowest BCUT2D eigenvalue weighted by molar-refractivity contribution is -0.153. The summed E-state index contributed by atoms with van der Waals surface area (Å²) < 4.78 is 4.83. The molecule has 0 aliphatic carbocycles. The summed E-state index contributed by atoms with van der Waals surface area (Å²) in [4.78, 5) is 11.5. The number of benzene rings is 1. The minimum atomic E-state index is -1.19. The number of hydrogen-bond acceptors (Lipinski definition) is 3. The molecule has 0 fully saturated rings. The van der Waals surface area contributed by atoms with Crippen molar-refractivity contribution in [1.82, 2.24) is 0 Å². The van der Waals surface area contributed by atoms with Gasteiger partial charge in [-0.15, -0.1) is 0 Å². The van der Waals surface area contributed by atoms with Crippen LogP contribution in [0.5, 0.6) is 0 Å². The maximum absolute atomic E-state index is 11.5. The Labute approximate surface area is 102 Å². The van der Waals surface area contributed by atoms with Crippen LogP contribution in [0.4, 0.5) is 0 Å². The first-order valence-electron chi connectivity index (χ1n) is 5.82. The van der Waals surface area contributed by atoms with E-state index in [1.165, 1.54) is 5.56 Å². The molecule has 0 aromatic heterocycles. The van der Waals surface area contributed by atoms with Gasteiger partial charge in [-0.05, 0) is 62.4 Å². The van der Waals surface area contributed by atoms with Gasteiger partial charge in [0, 0.05) is 0 Å². The van der Waals surface area contributed by atoms with Gasteiger partial charge in [-0.2, -0.15) is 0 Å². The molecule has 3 nitrogen and oxygen atoms in total. The summed E-state index contributed by atoms with van der Waals surface area (Å²) >= 11 is 0. The Bertz CT molecular complexity index is 436. The fourth-order valence-corrected chi connectivity index (χ4v) is 1.88. The maximum Gasteiger partial charge on any atom is 0.339 e. The zero-order valence-corrected chi connectivity index (χ0v) is 11.1. The van der Waals surface area contributed by atoms with E-state index in [0.717, 1.165) is 16.7 Å². The summed E-state index contributed by atoms with van der Waals surface area (Å²) in [6.07, 6.45) is -1.19. The second kappa shape index (κ2) is 5.32. The molecule has 0 bridgehead atoms. The molecular weight excluding hydrogens is 216 g/mol. The molecule has 0 heterocycles. The molecule has 1 aromatic rings. The summed E-state index contributed by atoms with van der Waals surface area (Å²) in [5, 5.41) is 9.97. The molecule has 0 aliphatic heterocycles. The lowest BCUT2D eigenvalue weighted by atomic mass is 9.92. The van der Waals surface area contributed by atoms with E-state index in [-0.39, 0.29) is 6.61 Å². The standard InChI is InChI=1S/C14H20O3/c1-6-17-14(16)13(15)12-7-8(2)9(3)10(4)11(12)5/h7,13,15H,6H2,1-5H3. The van der Waals surface area contributed by atoms with Gasteiger partial charge >= 0.3 is 5.97 Å². The van der Waals surface area contributed by atoms with Crippen molar-refractivity contribution < 1.29 is 14.6 Å². The second-order valence-electron chi connectivity index (χ2n) is 4.31. The van der Waals surface area contributed by atoms with Gasteiger partial charge in [-0.3, -0.25) is 0 Å². The van der Waals surface area contributed by atoms with Gasteiger partial charge in [0.25, 0.3) is 0 Å². The predicted octanol–water partition coefficient (Wildman–Crippen LogP) is 2.52. The Morgan fingerprint density at radius 1 is 1.24 bits per heavy atom. The molecule has 17 heavy (non-hydrogen) atoms. The molecule has 3 heteroatoms. The second-order valence-corrected chi connectivity index (χ2v) is 4.31. The van der Waals surface area contributed by atoms with E-state index in [2.05, 4.69) is 0 Å². The zero-order valence-electron chi connectivity index (χ0n) is 11.1. The predicted molar refractivity (Wildman–Crippen MR) is 67.0 cm³/mol. The molecule has 1 atom stereocenters. The average Bonchev–Trinajstić information content (AvgIpc) is 2.30. The molecule has 1 rings (SSSR count). The van der Waals surface area contributed by atoms with Gasteiger partial charge < -0.3 is 9.84 Å². The normalized spacial score (nSPS) is 12.4. The van der Waals surface area contributed by atoms with E-state index in [1.807, 2.05) is 33.8 Å². The molecule has 0 spiro atoms. The van der Waals surface area contributed by atoms with Crippen LogP contribution in [0.25, 0.3) is 0 Å². The highest BCUT2D eigenvalue weighted by Crippen LogP contribution is 2.26. The largest absolute Gasteiger partial charge is 0.464 e. The number of carbonyl (C=O) groups excluding carboxylic acids is 1. The summed E-state index contributed by atoms with van der Waals surface area (Å²) in [5.74, 6) is -0.585. The smallest absolute Gasteiger partial charge is 0.339 e. The molecule has 0 amide bonds. The molecule has 0 saturated carbocycles. The topological polar surface area (TPSA) is 46.5 Å². The van der Waals surface area contributed by atoms with Crippen LogP contribution in [-0.4, -0.2) is 17.7 Å². The highest BCUT2D eigenvalue weighted by molar-refractivity contribution is 5.77. The molecule has 1 unspecified atom stereocenters. The number of carbonyl (C=O) groups is 1. The number of ether oxygens (including phenoxy) is 1. The van der Waals surface area contributed by atoms with Crippen molar-refractivity contribution >= 4 is 5.97 Å². The van der Waals surface area contributed by atoms with Crippen LogP contribution < -0.4 is 0 Å². The fourth-order valence-electron chi connectivity index (χ4n) is 1.88. The van der Waals surface area contributed by atoms with Crippen LogP contribution in [0, 0.1) is 27.7 Å². The molecular formula is C14H20O3. The highest BCUT2D eigenvalue weighted by atomic mass is 16.5. The third-order valence-electron chi connectivity index (χ3n) is 3.33. The zero-order chi connectivity index (χ0) is 13.2. The van der Waals surface area contributed by atoms with Gasteiger partial charge in [-0.1, -0.05) is 6.07 Å². The molecule has 94 valence electrons. The van der Waals surface area contributed by atoms with Crippen molar-refractivity contribution in [1.29, 1.82) is 0 Å². The van der Waals surface area contributed by atoms with E-state index >= 15 is 0 Å². The molecule has 0 radical (unpaired) electrons. The van der Waals surface area contributed by atoms with Crippen LogP contribution in [-0.2, 0) is 9.53 Å². The summed E-state index contributed by atoms with van der Waals surface area (Å²) in [7, 11) is 0. The van der Waals surface area contributed by atoms with Gasteiger partial charge in [0.2, 0.25) is 0 Å². The first-order valence-corrected chi connectivity index (χ1v) is 5.82. The highest BCUT2D eigenvalue weighted by Gasteiger charge is 2.22. The van der Waals surface area contributed by atoms with E-state index in [4.69, 9.17) is 4.74 Å². The van der Waals surface area contributed by atoms with Crippen molar-refractivity contribution in [2.24, 2.45) is 0 Å². The maximum atomic E-state index is 11.5. The summed E-state index contributed by atoms with van der Waals surface area (Å²) in [5.41, 5.74) is 4.98. The summed E-state index contributed by atoms with van der Waals surface area (Å²) in [6, 6.07) is 1.86.